The second kappa shape index (κ2) is 8.31. The lowest BCUT2D eigenvalue weighted by atomic mass is 10.3. The third kappa shape index (κ3) is 5.31. The Morgan fingerprint density at radius 1 is 1.11 bits per heavy atom. The van der Waals surface area contributed by atoms with Gasteiger partial charge in [-0.1, -0.05) is 29.8 Å². The highest BCUT2D eigenvalue weighted by Gasteiger charge is 2.21. The van der Waals surface area contributed by atoms with Gasteiger partial charge in [0.05, 0.1) is 0 Å². The van der Waals surface area contributed by atoms with Crippen molar-refractivity contribution in [2.75, 3.05) is 28.2 Å². The van der Waals surface area contributed by atoms with Gasteiger partial charge in [-0.25, -0.2) is 4.58 Å². The van der Waals surface area contributed by atoms with Crippen molar-refractivity contribution in [3.63, 3.8) is 0 Å². The average molecular weight is 324 g/mol. The third-order valence-electron chi connectivity index (χ3n) is 2.12. The van der Waals surface area contributed by atoms with Gasteiger partial charge in [-0.05, 0) is 23.7 Å². The van der Waals surface area contributed by atoms with Crippen LogP contribution in [0.15, 0.2) is 41.2 Å². The molecule has 0 bridgehead atoms. The molecule has 1 aromatic rings. The van der Waals surface area contributed by atoms with Crippen LogP contribution in [0.1, 0.15) is 0 Å². The number of ether oxygens (including phenoxy) is 1. The van der Waals surface area contributed by atoms with Crippen molar-refractivity contribution in [3.05, 3.63) is 41.2 Å². The van der Waals surface area contributed by atoms with E-state index in [9.17, 15) is 0 Å². The van der Waals surface area contributed by atoms with Crippen LogP contribution in [0, 0.1) is 0 Å². The molecule has 0 unspecified atom stereocenters. The summed E-state index contributed by atoms with van der Waals surface area (Å²) in [4.78, 5) is 1.74. The van der Waals surface area contributed by atoms with Crippen molar-refractivity contribution < 1.29 is 21.7 Å². The summed E-state index contributed by atoms with van der Waals surface area (Å²) in [5.74, 6) is 1.12. The normalized spacial score (nSPS) is 11.1. The molecule has 106 valence electrons. The molecule has 0 N–H and O–H groups in total. The highest BCUT2D eigenvalue weighted by Crippen LogP contribution is 2.21. The Bertz CT molecular complexity index is 466. The van der Waals surface area contributed by atoms with Crippen LogP contribution in [-0.4, -0.2) is 42.8 Å². The molecule has 3 nitrogen and oxygen atoms in total. The van der Waals surface area contributed by atoms with E-state index in [0.717, 1.165) is 0 Å². The van der Waals surface area contributed by atoms with E-state index in [-0.39, 0.29) is 12.4 Å². The molecule has 6 heteroatoms. The summed E-state index contributed by atoms with van der Waals surface area (Å²) in [6.07, 6.45) is 0. The molecule has 0 heterocycles. The van der Waals surface area contributed by atoms with Gasteiger partial charge in [0.1, 0.15) is 19.8 Å². The van der Waals surface area contributed by atoms with Crippen molar-refractivity contribution in [1.29, 1.82) is 0 Å². The first-order chi connectivity index (χ1) is 8.43. The van der Waals surface area contributed by atoms with Gasteiger partial charge in [0.25, 0.3) is 0 Å². The third-order valence-corrected chi connectivity index (χ3v) is 3.14. The molecule has 19 heavy (non-hydrogen) atoms. The summed E-state index contributed by atoms with van der Waals surface area (Å²) in [5.41, 5.74) is 0. The first-order valence-corrected chi connectivity index (χ1v) is 6.19. The Balaban J connectivity index is 0.00000324. The Hall–Kier alpha value is -0.900. The fraction of sp³-hybridized carbons (Fsp3) is 0.308. The predicted molar refractivity (Wildman–Crippen MR) is 76.6 cm³/mol. The summed E-state index contributed by atoms with van der Waals surface area (Å²) in [5, 5.41) is 0.884. The van der Waals surface area contributed by atoms with Crippen LogP contribution >= 0.6 is 23.2 Å². The van der Waals surface area contributed by atoms with E-state index < -0.39 is 0 Å². The SMILES string of the molecule is CN(C)/C(Cl)=C(\Oc1ccccc1)C(Cl)=[N+](C)C.[Cl-]. The van der Waals surface area contributed by atoms with E-state index in [4.69, 9.17) is 27.9 Å². The van der Waals surface area contributed by atoms with Crippen LogP contribution in [0.5, 0.6) is 5.75 Å². The van der Waals surface area contributed by atoms with Gasteiger partial charge >= 0.3 is 5.17 Å². The van der Waals surface area contributed by atoms with Gasteiger partial charge < -0.3 is 22.0 Å². The molecule has 0 aliphatic carbocycles. The number of allylic oxidation sites excluding steroid dienone is 1. The second-order valence-electron chi connectivity index (χ2n) is 4.11. The van der Waals surface area contributed by atoms with E-state index in [1.54, 1.807) is 9.48 Å². The molecule has 0 saturated carbocycles. The molecule has 0 aromatic heterocycles. The quantitative estimate of drug-likeness (QED) is 0.334. The number of rotatable bonds is 4. The van der Waals surface area contributed by atoms with Crippen LogP contribution in [-0.2, 0) is 0 Å². The molecule has 0 amide bonds. The first kappa shape index (κ1) is 18.1. The lowest BCUT2D eigenvalue weighted by molar-refractivity contribution is -0.462. The van der Waals surface area contributed by atoms with E-state index in [1.807, 2.05) is 58.5 Å². The number of hydrogen-bond acceptors (Lipinski definition) is 2. The second-order valence-corrected chi connectivity index (χ2v) is 4.83. The molecule has 0 atom stereocenters. The minimum Gasteiger partial charge on any atom is -1.00 e. The van der Waals surface area contributed by atoms with Crippen LogP contribution in [0.4, 0.5) is 0 Å². The maximum absolute atomic E-state index is 6.22. The lowest BCUT2D eigenvalue weighted by Gasteiger charge is -2.15. The molecular formula is C13H17Cl3N2O. The van der Waals surface area contributed by atoms with Crippen LogP contribution < -0.4 is 17.1 Å². The van der Waals surface area contributed by atoms with Crippen molar-refractivity contribution in [1.82, 2.24) is 4.90 Å². The first-order valence-electron chi connectivity index (χ1n) is 5.43. The van der Waals surface area contributed by atoms with Crippen LogP contribution in [0.3, 0.4) is 0 Å². The largest absolute Gasteiger partial charge is 1.00 e. The van der Waals surface area contributed by atoms with Crippen molar-refractivity contribution in [3.8, 4) is 5.75 Å². The molecule has 1 rings (SSSR count). The standard InChI is InChI=1S/C13H17Cl2N2O.ClH/c1-16(2)12(14)11(13(15)17(3)4)18-10-8-6-5-7-9-10;/h5-9H,1-4H3;1H/q+1;/p-1. The van der Waals surface area contributed by atoms with Gasteiger partial charge in [-0.15, -0.1) is 0 Å². The van der Waals surface area contributed by atoms with E-state index >= 15 is 0 Å². The van der Waals surface area contributed by atoms with Gasteiger partial charge in [0.2, 0.25) is 5.76 Å². The highest BCUT2D eigenvalue weighted by molar-refractivity contribution is 6.68. The zero-order valence-electron chi connectivity index (χ0n) is 11.3. The van der Waals surface area contributed by atoms with Gasteiger partial charge in [-0.2, -0.15) is 0 Å². The predicted octanol–water partition coefficient (Wildman–Crippen LogP) is -0.0517. The fourth-order valence-corrected chi connectivity index (χ4v) is 1.49. The van der Waals surface area contributed by atoms with Gasteiger partial charge in [0.15, 0.2) is 5.16 Å². The van der Waals surface area contributed by atoms with Gasteiger partial charge in [-0.3, -0.25) is 0 Å². The maximum Gasteiger partial charge on any atom is 0.315 e. The molecule has 1 aromatic carbocycles. The van der Waals surface area contributed by atoms with Crippen molar-refractivity contribution in [2.45, 2.75) is 0 Å². The summed E-state index contributed by atoms with van der Waals surface area (Å²) >= 11 is 12.4. The fourth-order valence-electron chi connectivity index (χ4n) is 1.18. The topological polar surface area (TPSA) is 15.5 Å². The number of halogens is 3. The van der Waals surface area contributed by atoms with E-state index in [0.29, 0.717) is 21.8 Å². The molecule has 0 radical (unpaired) electrons. The van der Waals surface area contributed by atoms with E-state index in [2.05, 4.69) is 0 Å². The molecule has 0 spiro atoms. The Morgan fingerprint density at radius 3 is 2.05 bits per heavy atom. The average Bonchev–Trinajstić information content (AvgIpc) is 2.35. The Morgan fingerprint density at radius 2 is 1.63 bits per heavy atom. The minimum atomic E-state index is 0. The van der Waals surface area contributed by atoms with Crippen LogP contribution in [0.25, 0.3) is 0 Å². The summed E-state index contributed by atoms with van der Waals surface area (Å²) in [6, 6.07) is 9.39. The monoisotopic (exact) mass is 322 g/mol. The number of para-hydroxylation sites is 1. The van der Waals surface area contributed by atoms with Gasteiger partial charge in [0, 0.05) is 14.1 Å². The Labute approximate surface area is 130 Å². The summed E-state index contributed by atoms with van der Waals surface area (Å²) in [6.45, 7) is 0. The zero-order chi connectivity index (χ0) is 13.7. The molecule has 0 fully saturated rings. The van der Waals surface area contributed by atoms with Crippen molar-refractivity contribution >= 4 is 28.4 Å². The Kier molecular flexibility index (Phi) is 7.91. The smallest absolute Gasteiger partial charge is 0.315 e. The summed E-state index contributed by atoms with van der Waals surface area (Å²) in [7, 11) is 7.32. The maximum atomic E-state index is 6.22. The van der Waals surface area contributed by atoms with E-state index in [1.165, 1.54) is 0 Å². The highest BCUT2D eigenvalue weighted by atomic mass is 35.5. The molecule has 0 aliphatic heterocycles. The minimum absolute atomic E-state index is 0. The summed E-state index contributed by atoms with van der Waals surface area (Å²) < 4.78 is 7.50. The molecule has 0 saturated heterocycles. The van der Waals surface area contributed by atoms with Crippen LogP contribution in [0.2, 0.25) is 0 Å². The molecular weight excluding hydrogens is 307 g/mol. The lowest BCUT2D eigenvalue weighted by Crippen LogP contribution is -3.00. The number of nitrogens with zero attached hydrogens (tertiary/aromatic N) is 2. The number of benzene rings is 1. The van der Waals surface area contributed by atoms with Crippen molar-refractivity contribution in [2.24, 2.45) is 0 Å². The zero-order valence-corrected chi connectivity index (χ0v) is 13.6. The number of hydrogen-bond donors (Lipinski definition) is 0. The molecule has 0 aliphatic rings.